The van der Waals surface area contributed by atoms with Crippen molar-refractivity contribution in [2.45, 2.75) is 44.3 Å². The number of fused-ring (bicyclic) bond motifs is 2. The SMILES string of the molecule is O=C(O)C(NC(=O)C(F)(F)F)C12CCC(CC1)C2. The number of amides is 1. The first-order valence-electron chi connectivity index (χ1n) is 5.85. The van der Waals surface area contributed by atoms with Gasteiger partial charge in [0.2, 0.25) is 0 Å². The van der Waals surface area contributed by atoms with E-state index in [0.717, 1.165) is 12.8 Å². The summed E-state index contributed by atoms with van der Waals surface area (Å²) in [4.78, 5) is 22.1. The van der Waals surface area contributed by atoms with Crippen LogP contribution in [-0.2, 0) is 9.59 Å². The molecule has 2 fully saturated rings. The third-order valence-electron chi connectivity index (χ3n) is 4.19. The third-order valence-corrected chi connectivity index (χ3v) is 4.19. The van der Waals surface area contributed by atoms with Gasteiger partial charge in [-0.15, -0.1) is 0 Å². The van der Waals surface area contributed by atoms with E-state index in [0.29, 0.717) is 25.2 Å². The summed E-state index contributed by atoms with van der Waals surface area (Å²) in [6, 6.07) is -1.43. The molecule has 1 amide bonds. The van der Waals surface area contributed by atoms with E-state index in [4.69, 9.17) is 5.11 Å². The van der Waals surface area contributed by atoms with Gasteiger partial charge in [0.15, 0.2) is 0 Å². The van der Waals surface area contributed by atoms with Crippen LogP contribution in [0.3, 0.4) is 0 Å². The van der Waals surface area contributed by atoms with Gasteiger partial charge < -0.3 is 10.4 Å². The smallest absolute Gasteiger partial charge is 0.471 e. The zero-order chi connectivity index (χ0) is 13.6. The molecule has 0 aromatic heterocycles. The predicted octanol–water partition coefficient (Wildman–Crippen LogP) is 1.70. The summed E-state index contributed by atoms with van der Waals surface area (Å²) in [6.45, 7) is 0. The fourth-order valence-corrected chi connectivity index (χ4v) is 3.33. The number of carboxylic acid groups (broad SMARTS) is 1. The molecule has 0 heterocycles. The zero-order valence-corrected chi connectivity index (χ0v) is 9.59. The minimum Gasteiger partial charge on any atom is -0.480 e. The Labute approximate surface area is 102 Å². The standard InChI is InChI=1S/C11H14F3NO3/c12-11(13,14)9(18)15-7(8(16)17)10-3-1-6(5-10)2-4-10/h6-7H,1-5H2,(H,15,18)(H,16,17). The van der Waals surface area contributed by atoms with Crippen LogP contribution in [0.5, 0.6) is 0 Å². The highest BCUT2D eigenvalue weighted by Crippen LogP contribution is 2.56. The number of carbonyl (C=O) groups excluding carboxylic acids is 1. The number of carbonyl (C=O) groups is 2. The van der Waals surface area contributed by atoms with Crippen LogP contribution in [0.4, 0.5) is 13.2 Å². The van der Waals surface area contributed by atoms with Gasteiger partial charge in [0.05, 0.1) is 0 Å². The average Bonchev–Trinajstić information content (AvgIpc) is 2.84. The van der Waals surface area contributed by atoms with Gasteiger partial charge in [0.1, 0.15) is 6.04 Å². The fourth-order valence-electron chi connectivity index (χ4n) is 3.33. The quantitative estimate of drug-likeness (QED) is 0.816. The Morgan fingerprint density at radius 2 is 1.83 bits per heavy atom. The summed E-state index contributed by atoms with van der Waals surface area (Å²) in [6.07, 6.45) is -1.61. The van der Waals surface area contributed by atoms with Gasteiger partial charge in [-0.2, -0.15) is 13.2 Å². The van der Waals surface area contributed by atoms with Crippen molar-refractivity contribution in [3.63, 3.8) is 0 Å². The van der Waals surface area contributed by atoms with Crippen LogP contribution in [0.2, 0.25) is 0 Å². The molecule has 0 saturated heterocycles. The second-order valence-corrected chi connectivity index (χ2v) is 5.25. The van der Waals surface area contributed by atoms with Gasteiger partial charge in [0.25, 0.3) is 0 Å². The van der Waals surface area contributed by atoms with Crippen molar-refractivity contribution < 1.29 is 27.9 Å². The van der Waals surface area contributed by atoms with Crippen LogP contribution in [0.15, 0.2) is 0 Å². The lowest BCUT2D eigenvalue weighted by atomic mass is 9.77. The van der Waals surface area contributed by atoms with Gasteiger partial charge in [-0.3, -0.25) is 4.79 Å². The molecule has 0 aromatic carbocycles. The first kappa shape index (κ1) is 13.2. The second-order valence-electron chi connectivity index (χ2n) is 5.25. The second kappa shape index (κ2) is 4.13. The lowest BCUT2D eigenvalue weighted by molar-refractivity contribution is -0.177. The first-order chi connectivity index (χ1) is 8.24. The van der Waals surface area contributed by atoms with Crippen molar-refractivity contribution >= 4 is 11.9 Å². The highest BCUT2D eigenvalue weighted by Gasteiger charge is 2.54. The fraction of sp³-hybridized carbons (Fsp3) is 0.818. The maximum atomic E-state index is 12.2. The lowest BCUT2D eigenvalue weighted by Gasteiger charge is -2.33. The Bertz CT molecular complexity index is 372. The molecule has 2 bridgehead atoms. The molecule has 2 aliphatic rings. The van der Waals surface area contributed by atoms with Gasteiger partial charge in [-0.1, -0.05) is 0 Å². The molecular weight excluding hydrogens is 251 g/mol. The van der Waals surface area contributed by atoms with Crippen molar-refractivity contribution in [3.8, 4) is 0 Å². The van der Waals surface area contributed by atoms with E-state index in [-0.39, 0.29) is 0 Å². The van der Waals surface area contributed by atoms with Crippen molar-refractivity contribution in [1.29, 1.82) is 0 Å². The number of aliphatic carboxylic acids is 1. The number of nitrogens with one attached hydrogen (secondary N) is 1. The van der Waals surface area contributed by atoms with Crippen LogP contribution in [0.25, 0.3) is 0 Å². The van der Waals surface area contributed by atoms with E-state index < -0.39 is 29.5 Å². The topological polar surface area (TPSA) is 66.4 Å². The van der Waals surface area contributed by atoms with Crippen LogP contribution < -0.4 is 5.32 Å². The Hall–Kier alpha value is -1.27. The zero-order valence-electron chi connectivity index (χ0n) is 9.59. The Balaban J connectivity index is 2.15. The summed E-state index contributed by atoms with van der Waals surface area (Å²) in [5.74, 6) is -3.15. The average molecular weight is 265 g/mol. The molecule has 1 unspecified atom stereocenters. The Morgan fingerprint density at radius 3 is 2.17 bits per heavy atom. The summed E-state index contributed by atoms with van der Waals surface area (Å²) < 4.78 is 36.6. The first-order valence-corrected chi connectivity index (χ1v) is 5.85. The molecule has 0 radical (unpaired) electrons. The number of hydrogen-bond acceptors (Lipinski definition) is 2. The monoisotopic (exact) mass is 265 g/mol. The van der Waals surface area contributed by atoms with Crippen LogP contribution >= 0.6 is 0 Å². The number of halogens is 3. The Morgan fingerprint density at radius 1 is 1.28 bits per heavy atom. The molecule has 102 valence electrons. The molecular formula is C11H14F3NO3. The molecule has 2 aliphatic carbocycles. The lowest BCUT2D eigenvalue weighted by Crippen LogP contribution is -2.54. The predicted molar refractivity (Wildman–Crippen MR) is 54.6 cm³/mol. The molecule has 2 rings (SSSR count). The molecule has 4 nitrogen and oxygen atoms in total. The van der Waals surface area contributed by atoms with Gasteiger partial charge >= 0.3 is 18.1 Å². The van der Waals surface area contributed by atoms with E-state index in [1.165, 1.54) is 0 Å². The minimum absolute atomic E-state index is 0.398. The van der Waals surface area contributed by atoms with Crippen molar-refractivity contribution in [2.75, 3.05) is 0 Å². The van der Waals surface area contributed by atoms with E-state index in [9.17, 15) is 22.8 Å². The largest absolute Gasteiger partial charge is 0.480 e. The molecule has 0 aliphatic heterocycles. The Kier molecular flexibility index (Phi) is 3.03. The molecule has 1 atom stereocenters. The van der Waals surface area contributed by atoms with E-state index in [1.807, 2.05) is 0 Å². The highest BCUT2D eigenvalue weighted by molar-refractivity contribution is 5.87. The molecule has 7 heteroatoms. The van der Waals surface area contributed by atoms with Crippen LogP contribution in [-0.4, -0.2) is 29.2 Å². The third kappa shape index (κ3) is 2.18. The number of hydrogen-bond donors (Lipinski definition) is 2. The highest BCUT2D eigenvalue weighted by atomic mass is 19.4. The summed E-state index contributed by atoms with van der Waals surface area (Å²) >= 11 is 0. The van der Waals surface area contributed by atoms with Crippen molar-refractivity contribution in [2.24, 2.45) is 11.3 Å². The van der Waals surface area contributed by atoms with Crippen LogP contribution in [0, 0.1) is 11.3 Å². The number of alkyl halides is 3. The number of carboxylic acids is 1. The maximum absolute atomic E-state index is 12.2. The normalized spacial score (nSPS) is 32.3. The molecule has 2 saturated carbocycles. The molecule has 0 spiro atoms. The minimum atomic E-state index is -5.04. The van der Waals surface area contributed by atoms with Gasteiger partial charge in [-0.05, 0) is 38.0 Å². The van der Waals surface area contributed by atoms with Crippen molar-refractivity contribution in [3.05, 3.63) is 0 Å². The van der Waals surface area contributed by atoms with E-state index >= 15 is 0 Å². The van der Waals surface area contributed by atoms with Gasteiger partial charge in [-0.25, -0.2) is 4.79 Å². The van der Waals surface area contributed by atoms with E-state index in [2.05, 4.69) is 0 Å². The molecule has 18 heavy (non-hydrogen) atoms. The van der Waals surface area contributed by atoms with Crippen molar-refractivity contribution in [1.82, 2.24) is 5.32 Å². The summed E-state index contributed by atoms with van der Waals surface area (Å²) in [5, 5.41) is 10.7. The molecule has 2 N–H and O–H groups in total. The summed E-state index contributed by atoms with van der Waals surface area (Å²) in [5.41, 5.74) is -0.683. The van der Waals surface area contributed by atoms with Crippen LogP contribution in [0.1, 0.15) is 32.1 Å². The number of rotatable bonds is 3. The molecule has 0 aromatic rings. The maximum Gasteiger partial charge on any atom is 0.471 e. The van der Waals surface area contributed by atoms with Gasteiger partial charge in [0, 0.05) is 5.41 Å². The summed E-state index contributed by atoms with van der Waals surface area (Å²) in [7, 11) is 0. The van der Waals surface area contributed by atoms with E-state index in [1.54, 1.807) is 5.32 Å².